The van der Waals surface area contributed by atoms with E-state index in [1.807, 2.05) is 27.7 Å². The fourth-order valence-electron chi connectivity index (χ4n) is 0.322. The van der Waals surface area contributed by atoms with Crippen LogP contribution in [0, 0.1) is 0 Å². The van der Waals surface area contributed by atoms with Gasteiger partial charge >= 0.3 is 0 Å². The molecule has 62 valence electrons. The van der Waals surface area contributed by atoms with E-state index in [0.29, 0.717) is 0 Å². The van der Waals surface area contributed by atoms with Crippen molar-refractivity contribution < 1.29 is 0 Å². The number of nitrogens with two attached hydrogens (primary N) is 2. The summed E-state index contributed by atoms with van der Waals surface area (Å²) in [6, 6.07) is 0. The average Bonchev–Trinajstić information content (AvgIpc) is 1.57. The highest BCUT2D eigenvalue weighted by molar-refractivity contribution is 4.71. The van der Waals surface area contributed by atoms with Gasteiger partial charge in [-0.1, -0.05) is 0 Å². The standard InChI is InChI=1S/C6H18N4/c1-5(2,7)9-10-6(3,4)8/h9-10H,7-8H2,1-4H3. The van der Waals surface area contributed by atoms with Gasteiger partial charge in [-0.15, -0.1) is 0 Å². The van der Waals surface area contributed by atoms with E-state index in [1.54, 1.807) is 0 Å². The maximum Gasteiger partial charge on any atom is 0.0735 e. The molecule has 4 nitrogen and oxygen atoms in total. The number of hydrogen-bond acceptors (Lipinski definition) is 4. The molecule has 0 aromatic rings. The Morgan fingerprint density at radius 3 is 1.10 bits per heavy atom. The zero-order chi connectivity index (χ0) is 8.41. The molecule has 0 bridgehead atoms. The third-order valence-corrected chi connectivity index (χ3v) is 0.707. The quantitative estimate of drug-likeness (QED) is 0.319. The van der Waals surface area contributed by atoms with Crippen molar-refractivity contribution >= 4 is 0 Å². The number of nitrogens with one attached hydrogen (secondary N) is 2. The molecule has 0 amide bonds. The molecule has 4 heteroatoms. The molecule has 6 N–H and O–H groups in total. The molecule has 0 aliphatic rings. The van der Waals surface area contributed by atoms with Crippen LogP contribution in [0.15, 0.2) is 0 Å². The summed E-state index contributed by atoms with van der Waals surface area (Å²) < 4.78 is 0. The molecule has 0 aromatic carbocycles. The summed E-state index contributed by atoms with van der Waals surface area (Å²) in [5.74, 6) is 0. The third kappa shape index (κ3) is 7.84. The fraction of sp³-hybridized carbons (Fsp3) is 1.00. The van der Waals surface area contributed by atoms with Gasteiger partial charge in [-0.3, -0.25) is 0 Å². The zero-order valence-corrected chi connectivity index (χ0v) is 7.15. The predicted octanol–water partition coefficient (Wildman–Crippen LogP) is -0.530. The Bertz CT molecular complexity index is 83.3. The predicted molar refractivity (Wildman–Crippen MR) is 42.8 cm³/mol. The van der Waals surface area contributed by atoms with Crippen LogP contribution in [-0.2, 0) is 0 Å². The highest BCUT2D eigenvalue weighted by Crippen LogP contribution is 1.90. The van der Waals surface area contributed by atoms with Crippen molar-refractivity contribution in [1.29, 1.82) is 0 Å². The van der Waals surface area contributed by atoms with Gasteiger partial charge in [0.1, 0.15) is 0 Å². The smallest absolute Gasteiger partial charge is 0.0735 e. The maximum atomic E-state index is 5.61. The van der Waals surface area contributed by atoms with Gasteiger partial charge in [-0.05, 0) is 27.7 Å². The molecule has 0 radical (unpaired) electrons. The van der Waals surface area contributed by atoms with Crippen LogP contribution >= 0.6 is 0 Å². The topological polar surface area (TPSA) is 76.1 Å². The first kappa shape index (κ1) is 9.84. The van der Waals surface area contributed by atoms with E-state index in [4.69, 9.17) is 11.5 Å². The van der Waals surface area contributed by atoms with Gasteiger partial charge < -0.3 is 11.5 Å². The Balaban J connectivity index is 3.56. The van der Waals surface area contributed by atoms with E-state index in [9.17, 15) is 0 Å². The molecule has 0 rings (SSSR count). The zero-order valence-electron chi connectivity index (χ0n) is 7.15. The second kappa shape index (κ2) is 2.84. The summed E-state index contributed by atoms with van der Waals surface area (Å²) in [6.07, 6.45) is 0. The lowest BCUT2D eigenvalue weighted by molar-refractivity contribution is 0.256. The molecule has 0 aliphatic carbocycles. The lowest BCUT2D eigenvalue weighted by Gasteiger charge is -2.28. The molecule has 0 heterocycles. The molecule has 10 heavy (non-hydrogen) atoms. The van der Waals surface area contributed by atoms with E-state index in [0.717, 1.165) is 0 Å². The highest BCUT2D eigenvalue weighted by atomic mass is 15.5. The molecule has 0 aromatic heterocycles. The second-order valence-corrected chi connectivity index (χ2v) is 3.69. The minimum Gasteiger partial charge on any atom is -0.313 e. The normalized spacial score (nSPS) is 13.8. The van der Waals surface area contributed by atoms with E-state index < -0.39 is 11.3 Å². The minimum atomic E-state index is -0.434. The summed E-state index contributed by atoms with van der Waals surface area (Å²) in [5.41, 5.74) is 16.1. The maximum absolute atomic E-state index is 5.61. The number of hydrogen-bond donors (Lipinski definition) is 4. The summed E-state index contributed by atoms with van der Waals surface area (Å²) in [4.78, 5) is 0. The van der Waals surface area contributed by atoms with Crippen LogP contribution < -0.4 is 22.3 Å². The van der Waals surface area contributed by atoms with Gasteiger partial charge in [0, 0.05) is 0 Å². The van der Waals surface area contributed by atoms with Crippen LogP contribution in [0.4, 0.5) is 0 Å². The molecule has 0 saturated carbocycles. The average molecular weight is 146 g/mol. The Labute approximate surface area is 62.3 Å². The summed E-state index contributed by atoms with van der Waals surface area (Å²) in [7, 11) is 0. The van der Waals surface area contributed by atoms with Crippen molar-refractivity contribution in [2.75, 3.05) is 0 Å². The number of rotatable bonds is 3. The van der Waals surface area contributed by atoms with Crippen LogP contribution in [-0.4, -0.2) is 11.3 Å². The molecule has 0 saturated heterocycles. The molecule has 0 atom stereocenters. The van der Waals surface area contributed by atoms with Crippen molar-refractivity contribution in [3.63, 3.8) is 0 Å². The highest BCUT2D eigenvalue weighted by Gasteiger charge is 2.14. The van der Waals surface area contributed by atoms with Crippen molar-refractivity contribution in [1.82, 2.24) is 10.9 Å². The van der Waals surface area contributed by atoms with E-state index in [-0.39, 0.29) is 0 Å². The van der Waals surface area contributed by atoms with E-state index >= 15 is 0 Å². The Morgan fingerprint density at radius 2 is 1.00 bits per heavy atom. The van der Waals surface area contributed by atoms with E-state index in [2.05, 4.69) is 10.9 Å². The molecule has 0 spiro atoms. The lowest BCUT2D eigenvalue weighted by Crippen LogP contribution is -2.63. The number of hydrazine groups is 1. The van der Waals surface area contributed by atoms with Crippen molar-refractivity contribution in [2.45, 2.75) is 39.0 Å². The van der Waals surface area contributed by atoms with Crippen LogP contribution in [0.25, 0.3) is 0 Å². The molecule has 0 aliphatic heterocycles. The van der Waals surface area contributed by atoms with Crippen LogP contribution in [0.5, 0.6) is 0 Å². The fourth-order valence-corrected chi connectivity index (χ4v) is 0.322. The summed E-state index contributed by atoms with van der Waals surface area (Å²) in [5, 5.41) is 0. The van der Waals surface area contributed by atoms with Crippen LogP contribution in [0.1, 0.15) is 27.7 Å². The van der Waals surface area contributed by atoms with Gasteiger partial charge in [0.2, 0.25) is 0 Å². The lowest BCUT2D eigenvalue weighted by atomic mass is 10.2. The van der Waals surface area contributed by atoms with Gasteiger partial charge in [-0.25, -0.2) is 10.9 Å². The first-order chi connectivity index (χ1) is 4.21. The third-order valence-electron chi connectivity index (χ3n) is 0.707. The van der Waals surface area contributed by atoms with Gasteiger partial charge in [0.05, 0.1) is 11.3 Å². The summed E-state index contributed by atoms with van der Waals surface area (Å²) in [6.45, 7) is 7.41. The SMILES string of the molecule is CC(C)(N)NNC(C)(C)N. The Hall–Kier alpha value is -0.160. The van der Waals surface area contributed by atoms with Crippen LogP contribution in [0.3, 0.4) is 0 Å². The Morgan fingerprint density at radius 1 is 0.800 bits per heavy atom. The molecule has 0 unspecified atom stereocenters. The van der Waals surface area contributed by atoms with Gasteiger partial charge in [-0.2, -0.15) is 0 Å². The van der Waals surface area contributed by atoms with Crippen LogP contribution in [0.2, 0.25) is 0 Å². The van der Waals surface area contributed by atoms with Crippen molar-refractivity contribution in [3.8, 4) is 0 Å². The second-order valence-electron chi connectivity index (χ2n) is 3.69. The van der Waals surface area contributed by atoms with E-state index in [1.165, 1.54) is 0 Å². The minimum absolute atomic E-state index is 0.434. The first-order valence-corrected chi connectivity index (χ1v) is 3.33. The van der Waals surface area contributed by atoms with Gasteiger partial charge in [0.15, 0.2) is 0 Å². The Kier molecular flexibility index (Phi) is 2.79. The molecule has 0 fully saturated rings. The van der Waals surface area contributed by atoms with Gasteiger partial charge in [0.25, 0.3) is 0 Å². The van der Waals surface area contributed by atoms with Crippen molar-refractivity contribution in [2.24, 2.45) is 11.5 Å². The molecular formula is C6H18N4. The van der Waals surface area contributed by atoms with Crippen molar-refractivity contribution in [3.05, 3.63) is 0 Å². The monoisotopic (exact) mass is 146 g/mol. The largest absolute Gasteiger partial charge is 0.313 e. The first-order valence-electron chi connectivity index (χ1n) is 3.33. The summed E-state index contributed by atoms with van der Waals surface area (Å²) >= 11 is 0. The molecular weight excluding hydrogens is 128 g/mol.